The van der Waals surface area contributed by atoms with Crippen LogP contribution in [0.25, 0.3) is 0 Å². The summed E-state index contributed by atoms with van der Waals surface area (Å²) < 4.78 is 29.0. The van der Waals surface area contributed by atoms with Gasteiger partial charge < -0.3 is 10.1 Å². The lowest BCUT2D eigenvalue weighted by Gasteiger charge is -2.12. The summed E-state index contributed by atoms with van der Waals surface area (Å²) in [6.07, 6.45) is 0. The number of hydrogen-bond acceptors (Lipinski definition) is 3. The summed E-state index contributed by atoms with van der Waals surface area (Å²) in [4.78, 5) is 0. The topological polar surface area (TPSA) is 45.0 Å². The molecule has 102 valence electrons. The van der Waals surface area contributed by atoms with Gasteiger partial charge in [-0.1, -0.05) is 24.3 Å². The summed E-state index contributed by atoms with van der Waals surface area (Å²) in [5, 5.41) is 11.7. The van der Waals surface area contributed by atoms with Crippen LogP contribution < -0.4 is 10.1 Å². The van der Waals surface area contributed by atoms with Gasteiger partial charge in [0.05, 0.1) is 17.3 Å². The Morgan fingerprint density at radius 1 is 1.10 bits per heavy atom. The second-order valence-corrected chi connectivity index (χ2v) is 4.04. The highest BCUT2D eigenvalue weighted by atomic mass is 19.3. The molecule has 2 aromatic rings. The molecule has 0 fully saturated rings. The SMILES string of the molecule is N#Cc1ccc(CNc2ccccc2OC(F)F)cc1. The van der Waals surface area contributed by atoms with E-state index in [1.54, 1.807) is 30.3 Å². The zero-order valence-corrected chi connectivity index (χ0v) is 10.5. The number of halogens is 2. The number of nitriles is 1. The third-order valence-corrected chi connectivity index (χ3v) is 2.67. The largest absolute Gasteiger partial charge is 0.433 e. The van der Waals surface area contributed by atoms with Crippen molar-refractivity contribution in [2.45, 2.75) is 13.2 Å². The molecule has 0 aliphatic rings. The molecule has 0 aromatic heterocycles. The molecule has 0 atom stereocenters. The molecular weight excluding hydrogens is 262 g/mol. The first-order valence-electron chi connectivity index (χ1n) is 5.96. The zero-order valence-electron chi connectivity index (χ0n) is 10.5. The molecule has 0 amide bonds. The molecule has 0 heterocycles. The highest BCUT2D eigenvalue weighted by Gasteiger charge is 2.08. The number of ether oxygens (including phenoxy) is 1. The first-order chi connectivity index (χ1) is 9.69. The van der Waals surface area contributed by atoms with Crippen molar-refractivity contribution in [2.24, 2.45) is 0 Å². The van der Waals surface area contributed by atoms with Gasteiger partial charge in [-0.15, -0.1) is 0 Å². The highest BCUT2D eigenvalue weighted by molar-refractivity contribution is 5.56. The third-order valence-electron chi connectivity index (χ3n) is 2.67. The molecular formula is C15H12F2N2O. The van der Waals surface area contributed by atoms with Gasteiger partial charge in [0, 0.05) is 6.54 Å². The average molecular weight is 274 g/mol. The van der Waals surface area contributed by atoms with Gasteiger partial charge in [0.1, 0.15) is 5.75 Å². The minimum atomic E-state index is -2.85. The van der Waals surface area contributed by atoms with Crippen LogP contribution in [0.1, 0.15) is 11.1 Å². The van der Waals surface area contributed by atoms with Crippen LogP contribution in [0.15, 0.2) is 48.5 Å². The zero-order chi connectivity index (χ0) is 14.4. The van der Waals surface area contributed by atoms with E-state index in [4.69, 9.17) is 5.26 Å². The standard InChI is InChI=1S/C15H12F2N2O/c16-15(17)20-14-4-2-1-3-13(14)19-10-12-7-5-11(9-18)6-8-12/h1-8,15,19H,10H2. The fourth-order valence-corrected chi connectivity index (χ4v) is 1.71. The smallest absolute Gasteiger partial charge is 0.387 e. The number of anilines is 1. The van der Waals surface area contributed by atoms with E-state index in [0.29, 0.717) is 17.8 Å². The van der Waals surface area contributed by atoms with Gasteiger partial charge in [-0.05, 0) is 29.8 Å². The molecule has 0 bridgehead atoms. The number of benzene rings is 2. The average Bonchev–Trinajstić information content (AvgIpc) is 2.46. The minimum absolute atomic E-state index is 0.108. The first kappa shape index (κ1) is 13.8. The van der Waals surface area contributed by atoms with Gasteiger partial charge in [0.15, 0.2) is 0 Å². The molecule has 20 heavy (non-hydrogen) atoms. The van der Waals surface area contributed by atoms with E-state index in [2.05, 4.69) is 10.1 Å². The molecule has 2 aromatic carbocycles. The van der Waals surface area contributed by atoms with E-state index in [9.17, 15) is 8.78 Å². The van der Waals surface area contributed by atoms with E-state index in [-0.39, 0.29) is 5.75 Å². The second kappa shape index (κ2) is 6.53. The molecule has 0 aliphatic carbocycles. The number of hydrogen-bond donors (Lipinski definition) is 1. The van der Waals surface area contributed by atoms with Crippen LogP contribution in [0, 0.1) is 11.3 Å². The maximum atomic E-state index is 12.3. The molecule has 0 saturated heterocycles. The molecule has 3 nitrogen and oxygen atoms in total. The normalized spacial score (nSPS) is 10.1. The van der Waals surface area contributed by atoms with Crippen molar-refractivity contribution in [1.82, 2.24) is 0 Å². The molecule has 0 aliphatic heterocycles. The predicted molar refractivity (Wildman–Crippen MR) is 71.6 cm³/mol. The number of rotatable bonds is 5. The molecule has 0 spiro atoms. The summed E-state index contributed by atoms with van der Waals surface area (Å²) in [5.41, 5.74) is 2.02. The number of para-hydroxylation sites is 2. The van der Waals surface area contributed by atoms with Crippen molar-refractivity contribution >= 4 is 5.69 Å². The molecule has 0 unspecified atom stereocenters. The Kier molecular flexibility index (Phi) is 4.51. The van der Waals surface area contributed by atoms with Crippen LogP contribution in [0.5, 0.6) is 5.75 Å². The molecule has 0 saturated carbocycles. The van der Waals surface area contributed by atoms with Gasteiger partial charge in [0.2, 0.25) is 0 Å². The third kappa shape index (κ3) is 3.69. The van der Waals surface area contributed by atoms with Crippen molar-refractivity contribution in [3.05, 3.63) is 59.7 Å². The molecule has 0 radical (unpaired) electrons. The Hall–Kier alpha value is -2.61. The van der Waals surface area contributed by atoms with Crippen LogP contribution in [-0.2, 0) is 6.54 Å². The van der Waals surface area contributed by atoms with Gasteiger partial charge in [-0.25, -0.2) is 0 Å². The Morgan fingerprint density at radius 3 is 2.45 bits per heavy atom. The van der Waals surface area contributed by atoms with Crippen LogP contribution in [0.3, 0.4) is 0 Å². The van der Waals surface area contributed by atoms with E-state index in [1.165, 1.54) is 6.07 Å². The van der Waals surface area contributed by atoms with Crippen LogP contribution in [0.4, 0.5) is 14.5 Å². The van der Waals surface area contributed by atoms with Crippen LogP contribution in [-0.4, -0.2) is 6.61 Å². The van der Waals surface area contributed by atoms with Crippen molar-refractivity contribution in [3.63, 3.8) is 0 Å². The van der Waals surface area contributed by atoms with E-state index >= 15 is 0 Å². The molecule has 5 heteroatoms. The van der Waals surface area contributed by atoms with Gasteiger partial charge in [0.25, 0.3) is 0 Å². The highest BCUT2D eigenvalue weighted by Crippen LogP contribution is 2.25. The second-order valence-electron chi connectivity index (χ2n) is 4.04. The lowest BCUT2D eigenvalue weighted by atomic mass is 10.1. The Bertz CT molecular complexity index is 606. The summed E-state index contributed by atoms with van der Waals surface area (Å²) in [7, 11) is 0. The Labute approximate surface area is 115 Å². The van der Waals surface area contributed by atoms with Crippen molar-refractivity contribution in [1.29, 1.82) is 5.26 Å². The summed E-state index contributed by atoms with van der Waals surface area (Å²) in [6, 6.07) is 15.6. The quantitative estimate of drug-likeness (QED) is 0.902. The summed E-state index contributed by atoms with van der Waals surface area (Å²) in [5.74, 6) is 0.108. The Morgan fingerprint density at radius 2 is 1.80 bits per heavy atom. The van der Waals surface area contributed by atoms with Crippen LogP contribution in [0.2, 0.25) is 0 Å². The van der Waals surface area contributed by atoms with Crippen molar-refractivity contribution < 1.29 is 13.5 Å². The monoisotopic (exact) mass is 274 g/mol. The summed E-state index contributed by atoms with van der Waals surface area (Å²) in [6.45, 7) is -2.40. The van der Waals surface area contributed by atoms with E-state index in [0.717, 1.165) is 5.56 Å². The van der Waals surface area contributed by atoms with Crippen molar-refractivity contribution in [3.8, 4) is 11.8 Å². The van der Waals surface area contributed by atoms with Gasteiger partial charge >= 0.3 is 6.61 Å². The fraction of sp³-hybridized carbons (Fsp3) is 0.133. The lowest BCUT2D eigenvalue weighted by molar-refractivity contribution is -0.0493. The molecule has 1 N–H and O–H groups in total. The Balaban J connectivity index is 2.04. The van der Waals surface area contributed by atoms with Gasteiger partial charge in [-0.2, -0.15) is 14.0 Å². The number of nitrogens with zero attached hydrogens (tertiary/aromatic N) is 1. The summed E-state index contributed by atoms with van der Waals surface area (Å²) >= 11 is 0. The van der Waals surface area contributed by atoms with Crippen LogP contribution >= 0.6 is 0 Å². The number of nitrogens with one attached hydrogen (secondary N) is 1. The first-order valence-corrected chi connectivity index (χ1v) is 5.96. The van der Waals surface area contributed by atoms with Gasteiger partial charge in [-0.3, -0.25) is 0 Å². The molecule has 2 rings (SSSR count). The fourth-order valence-electron chi connectivity index (χ4n) is 1.71. The maximum Gasteiger partial charge on any atom is 0.387 e. The van der Waals surface area contributed by atoms with E-state index < -0.39 is 6.61 Å². The minimum Gasteiger partial charge on any atom is -0.433 e. The lowest BCUT2D eigenvalue weighted by Crippen LogP contribution is -2.06. The maximum absolute atomic E-state index is 12.3. The van der Waals surface area contributed by atoms with Crippen molar-refractivity contribution in [2.75, 3.05) is 5.32 Å². The van der Waals surface area contributed by atoms with E-state index in [1.807, 2.05) is 18.2 Å². The predicted octanol–water partition coefficient (Wildman–Crippen LogP) is 3.77. The number of alkyl halides is 2.